The molecule has 0 unspecified atom stereocenters. The first-order valence-electron chi connectivity index (χ1n) is 3.11. The van der Waals surface area contributed by atoms with E-state index in [0.29, 0.717) is 8.96 Å². The number of carbonyl (C=O) groups is 1. The second-order valence-corrected chi connectivity index (χ2v) is 5.67. The number of hydrogen-bond acceptors (Lipinski definition) is 1. The number of Topliss-reactive ketones (excluding diaryl/α,β-unsaturated/α-hetero) is 1. The van der Waals surface area contributed by atoms with Gasteiger partial charge in [0.05, 0.1) is 8.96 Å². The maximum atomic E-state index is 11.4. The van der Waals surface area contributed by atoms with E-state index < -0.39 is 0 Å². The van der Waals surface area contributed by atoms with Crippen molar-refractivity contribution < 1.29 is 4.79 Å². The first-order chi connectivity index (χ1) is 5.46. The van der Waals surface area contributed by atoms with E-state index >= 15 is 0 Å². The Morgan fingerprint density at radius 1 is 1.00 bits per heavy atom. The molecule has 66 valence electrons. The third-order valence-electron chi connectivity index (χ3n) is 1.58. The molecule has 0 aromatic rings. The third-order valence-corrected chi connectivity index (χ3v) is 6.38. The fraction of sp³-hybridized carbons (Fsp3) is 0.286. The van der Waals surface area contributed by atoms with Crippen molar-refractivity contribution in [3.05, 3.63) is 17.9 Å². The summed E-state index contributed by atoms with van der Waals surface area (Å²) in [6.07, 6.45) is 0. The van der Waals surface area contributed by atoms with Crippen LogP contribution < -0.4 is 0 Å². The number of allylic oxidation sites excluding steroid dienone is 4. The van der Waals surface area contributed by atoms with E-state index in [1.807, 2.05) is 6.92 Å². The molecule has 0 aromatic heterocycles. The minimum atomic E-state index is -0.0353. The summed E-state index contributed by atoms with van der Waals surface area (Å²) in [7, 11) is 0. The summed E-state index contributed by atoms with van der Waals surface area (Å²) >= 11 is 13.2. The summed E-state index contributed by atoms with van der Waals surface area (Å²) in [4.78, 5) is 11.4. The Hall–Kier alpha value is 1.07. The van der Waals surface area contributed by atoms with E-state index in [-0.39, 0.29) is 11.7 Å². The molecule has 0 saturated heterocycles. The Bertz CT molecular complexity index is 275. The number of halogens is 4. The molecular weight excluding hydrogens is 420 g/mol. The topological polar surface area (TPSA) is 17.1 Å². The van der Waals surface area contributed by atoms with Crippen molar-refractivity contribution in [2.75, 3.05) is 0 Å². The lowest BCUT2D eigenvalue weighted by Crippen LogP contribution is -2.12. The van der Waals surface area contributed by atoms with Crippen LogP contribution in [0.15, 0.2) is 17.9 Å². The Morgan fingerprint density at radius 3 is 1.67 bits per heavy atom. The highest BCUT2D eigenvalue weighted by atomic mass is 79.9. The molecule has 0 radical (unpaired) electrons. The van der Waals surface area contributed by atoms with E-state index in [1.165, 1.54) is 0 Å². The maximum Gasteiger partial charge on any atom is 0.208 e. The van der Waals surface area contributed by atoms with Crippen LogP contribution in [0.5, 0.6) is 0 Å². The second-order valence-electron chi connectivity index (χ2n) is 2.37. The van der Waals surface area contributed by atoms with Crippen LogP contribution in [0.3, 0.4) is 0 Å². The average Bonchev–Trinajstić information content (AvgIpc) is 2.08. The number of ketones is 1. The van der Waals surface area contributed by atoms with Crippen LogP contribution in [-0.2, 0) is 4.79 Å². The molecule has 1 aliphatic rings. The van der Waals surface area contributed by atoms with E-state index in [2.05, 4.69) is 63.7 Å². The molecule has 0 aromatic carbocycles. The molecule has 0 fully saturated rings. The molecule has 5 heteroatoms. The largest absolute Gasteiger partial charge is 0.287 e. The molecule has 1 aliphatic carbocycles. The molecule has 0 amide bonds. The first kappa shape index (κ1) is 11.1. The SMILES string of the molecule is CC1C(Br)=C(Br)C(=O)C(Br)=C1Br. The fourth-order valence-corrected chi connectivity index (χ4v) is 3.28. The summed E-state index contributed by atoms with van der Waals surface area (Å²) in [6.45, 7) is 2.00. The number of carbonyl (C=O) groups excluding carboxylic acids is 1. The summed E-state index contributed by atoms with van der Waals surface area (Å²) in [5.41, 5.74) is 0. The summed E-state index contributed by atoms with van der Waals surface area (Å²) in [5, 5.41) is 0. The van der Waals surface area contributed by atoms with Crippen LogP contribution in [0.2, 0.25) is 0 Å². The quantitative estimate of drug-likeness (QED) is 0.570. The van der Waals surface area contributed by atoms with Crippen LogP contribution in [0.4, 0.5) is 0 Å². The van der Waals surface area contributed by atoms with E-state index in [4.69, 9.17) is 0 Å². The molecule has 0 aliphatic heterocycles. The molecule has 12 heavy (non-hydrogen) atoms. The van der Waals surface area contributed by atoms with Crippen LogP contribution in [0.1, 0.15) is 6.92 Å². The van der Waals surface area contributed by atoms with E-state index in [0.717, 1.165) is 8.96 Å². The van der Waals surface area contributed by atoms with Crippen molar-refractivity contribution in [1.29, 1.82) is 0 Å². The Labute approximate surface area is 104 Å². The molecule has 1 nitrogen and oxygen atoms in total. The van der Waals surface area contributed by atoms with Gasteiger partial charge in [0.25, 0.3) is 0 Å². The van der Waals surface area contributed by atoms with Gasteiger partial charge in [-0.3, -0.25) is 4.79 Å². The highest BCUT2D eigenvalue weighted by Crippen LogP contribution is 2.42. The molecular formula is C7H4Br4O. The first-order valence-corrected chi connectivity index (χ1v) is 6.29. The third kappa shape index (κ3) is 1.79. The van der Waals surface area contributed by atoms with Crippen LogP contribution >= 0.6 is 63.7 Å². The van der Waals surface area contributed by atoms with Crippen LogP contribution in [0, 0.1) is 5.92 Å². The molecule has 1 rings (SSSR count). The van der Waals surface area contributed by atoms with Gasteiger partial charge in [0, 0.05) is 14.9 Å². The molecule has 0 heterocycles. The molecule has 0 bridgehead atoms. The Kier molecular flexibility index (Phi) is 3.78. The predicted octanol–water partition coefficient (Wildman–Crippen LogP) is 4.21. The van der Waals surface area contributed by atoms with Gasteiger partial charge in [0.15, 0.2) is 0 Å². The van der Waals surface area contributed by atoms with Gasteiger partial charge < -0.3 is 0 Å². The van der Waals surface area contributed by atoms with Crippen molar-refractivity contribution >= 4 is 69.5 Å². The second kappa shape index (κ2) is 4.07. The zero-order valence-corrected chi connectivity index (χ0v) is 12.3. The minimum Gasteiger partial charge on any atom is -0.287 e. The van der Waals surface area contributed by atoms with Gasteiger partial charge in [-0.15, -0.1) is 0 Å². The fourth-order valence-electron chi connectivity index (χ4n) is 0.805. The van der Waals surface area contributed by atoms with E-state index in [1.54, 1.807) is 0 Å². The normalized spacial score (nSPS) is 20.9. The van der Waals surface area contributed by atoms with Gasteiger partial charge in [0.2, 0.25) is 5.78 Å². The lowest BCUT2D eigenvalue weighted by atomic mass is 10.1. The van der Waals surface area contributed by atoms with Gasteiger partial charge in [-0.1, -0.05) is 38.8 Å². The lowest BCUT2D eigenvalue weighted by molar-refractivity contribution is -0.111. The van der Waals surface area contributed by atoms with Gasteiger partial charge in [0.1, 0.15) is 0 Å². The zero-order valence-electron chi connectivity index (χ0n) is 6.00. The van der Waals surface area contributed by atoms with Crippen molar-refractivity contribution in [1.82, 2.24) is 0 Å². The lowest BCUT2D eigenvalue weighted by Gasteiger charge is -2.18. The van der Waals surface area contributed by atoms with Gasteiger partial charge in [-0.25, -0.2) is 0 Å². The standard InChI is InChI=1S/C7H4Br4O/c1-2-3(8)5(10)7(12)6(11)4(2)9/h2H,1H3. The van der Waals surface area contributed by atoms with Gasteiger partial charge >= 0.3 is 0 Å². The summed E-state index contributed by atoms with van der Waals surface area (Å²) in [6, 6.07) is 0. The van der Waals surface area contributed by atoms with Crippen molar-refractivity contribution in [3.63, 3.8) is 0 Å². The zero-order chi connectivity index (χ0) is 9.46. The van der Waals surface area contributed by atoms with Crippen molar-refractivity contribution in [2.24, 2.45) is 5.92 Å². The highest BCUT2D eigenvalue weighted by Gasteiger charge is 2.28. The monoisotopic (exact) mass is 420 g/mol. The van der Waals surface area contributed by atoms with Crippen molar-refractivity contribution in [2.45, 2.75) is 6.92 Å². The molecule has 0 saturated carbocycles. The minimum absolute atomic E-state index is 0.0353. The molecule has 0 spiro atoms. The molecule has 0 N–H and O–H groups in total. The maximum absolute atomic E-state index is 11.4. The van der Waals surface area contributed by atoms with Crippen molar-refractivity contribution in [3.8, 4) is 0 Å². The smallest absolute Gasteiger partial charge is 0.208 e. The summed E-state index contributed by atoms with van der Waals surface area (Å²) < 4.78 is 2.93. The Morgan fingerprint density at radius 2 is 1.33 bits per heavy atom. The van der Waals surface area contributed by atoms with E-state index in [9.17, 15) is 4.79 Å². The number of rotatable bonds is 0. The number of hydrogen-bond donors (Lipinski definition) is 0. The summed E-state index contributed by atoms with van der Waals surface area (Å²) in [5.74, 6) is 0.151. The average molecular weight is 424 g/mol. The predicted molar refractivity (Wildman–Crippen MR) is 63.9 cm³/mol. The highest BCUT2D eigenvalue weighted by molar-refractivity contribution is 9.15. The Balaban J connectivity index is 3.22. The van der Waals surface area contributed by atoms with Crippen LogP contribution in [0.25, 0.3) is 0 Å². The van der Waals surface area contributed by atoms with Gasteiger partial charge in [-0.2, -0.15) is 0 Å². The molecule has 0 atom stereocenters. The van der Waals surface area contributed by atoms with Gasteiger partial charge in [-0.05, 0) is 31.9 Å². The van der Waals surface area contributed by atoms with Crippen LogP contribution in [-0.4, -0.2) is 5.78 Å².